The van der Waals surface area contributed by atoms with Crippen molar-refractivity contribution < 1.29 is 18.7 Å². The maximum Gasteiger partial charge on any atom is 0.244 e. The minimum atomic E-state index is -0.0805. The third-order valence-electron chi connectivity index (χ3n) is 6.71. The molecule has 1 aliphatic carbocycles. The lowest BCUT2D eigenvalue weighted by molar-refractivity contribution is -0.116. The SMILES string of the molecule is CCOc1ccc(-c2coc3c(C)c(OCC)c(/C(C)=C/C(=O)NCCC4=CCCCC4)cc23)cc1. The number of nitrogens with one attached hydrogen (secondary N) is 1. The molecule has 1 aliphatic rings. The Hall–Kier alpha value is -3.47. The van der Waals surface area contributed by atoms with Gasteiger partial charge in [-0.2, -0.15) is 0 Å². The van der Waals surface area contributed by atoms with Gasteiger partial charge in [-0.15, -0.1) is 0 Å². The molecule has 1 N–H and O–H groups in total. The van der Waals surface area contributed by atoms with Crippen molar-refractivity contribution >= 4 is 22.4 Å². The molecule has 0 saturated heterocycles. The van der Waals surface area contributed by atoms with Crippen molar-refractivity contribution in [3.05, 3.63) is 65.4 Å². The summed E-state index contributed by atoms with van der Waals surface area (Å²) in [6.45, 7) is 9.73. The molecule has 36 heavy (non-hydrogen) atoms. The van der Waals surface area contributed by atoms with E-state index in [4.69, 9.17) is 13.9 Å². The van der Waals surface area contributed by atoms with E-state index in [1.807, 2.05) is 52.0 Å². The summed E-state index contributed by atoms with van der Waals surface area (Å²) >= 11 is 0. The van der Waals surface area contributed by atoms with Crippen LogP contribution in [0.15, 0.2) is 58.7 Å². The number of furan rings is 1. The Morgan fingerprint density at radius 3 is 2.58 bits per heavy atom. The molecule has 0 aliphatic heterocycles. The molecular formula is C31H37NO4. The zero-order valence-electron chi connectivity index (χ0n) is 21.9. The van der Waals surface area contributed by atoms with Crippen LogP contribution in [0.2, 0.25) is 0 Å². The predicted octanol–water partition coefficient (Wildman–Crippen LogP) is 7.62. The fourth-order valence-electron chi connectivity index (χ4n) is 4.86. The highest BCUT2D eigenvalue weighted by Gasteiger charge is 2.19. The molecule has 0 radical (unpaired) electrons. The Kier molecular flexibility index (Phi) is 8.52. The van der Waals surface area contributed by atoms with Crippen molar-refractivity contribution in [2.75, 3.05) is 19.8 Å². The number of fused-ring (bicyclic) bond motifs is 1. The second-order valence-corrected chi connectivity index (χ2v) is 9.27. The van der Waals surface area contributed by atoms with Gasteiger partial charge < -0.3 is 19.2 Å². The minimum Gasteiger partial charge on any atom is -0.494 e. The number of amides is 1. The van der Waals surface area contributed by atoms with Crippen molar-refractivity contribution in [1.29, 1.82) is 0 Å². The smallest absolute Gasteiger partial charge is 0.244 e. The monoisotopic (exact) mass is 487 g/mol. The van der Waals surface area contributed by atoms with Gasteiger partial charge in [0.15, 0.2) is 0 Å². The van der Waals surface area contributed by atoms with E-state index in [1.54, 1.807) is 12.3 Å². The molecule has 0 saturated carbocycles. The van der Waals surface area contributed by atoms with Crippen LogP contribution in [-0.4, -0.2) is 25.7 Å². The molecule has 5 heteroatoms. The first-order valence-electron chi connectivity index (χ1n) is 13.1. The van der Waals surface area contributed by atoms with Crippen LogP contribution in [0.1, 0.15) is 64.0 Å². The van der Waals surface area contributed by atoms with Gasteiger partial charge in [-0.05, 0) is 89.1 Å². The zero-order valence-corrected chi connectivity index (χ0v) is 21.9. The second-order valence-electron chi connectivity index (χ2n) is 9.27. The lowest BCUT2D eigenvalue weighted by atomic mass is 9.96. The highest BCUT2D eigenvalue weighted by molar-refractivity contribution is 6.01. The standard InChI is InChI=1S/C31H37NO4/c1-5-34-25-14-12-24(13-15-25)28-20-36-31-22(4)30(35-6-2)26(19-27(28)31)21(3)18-29(33)32-17-16-23-10-8-7-9-11-23/h10,12-15,18-20H,5-9,11,16-17H2,1-4H3,(H,32,33)/b21-18+. The Bertz CT molecular complexity index is 1260. The summed E-state index contributed by atoms with van der Waals surface area (Å²) in [5.41, 5.74) is 6.99. The van der Waals surface area contributed by atoms with E-state index >= 15 is 0 Å². The highest BCUT2D eigenvalue weighted by atomic mass is 16.5. The highest BCUT2D eigenvalue weighted by Crippen LogP contribution is 2.41. The van der Waals surface area contributed by atoms with Gasteiger partial charge in [0.25, 0.3) is 0 Å². The molecule has 2 aromatic carbocycles. The Morgan fingerprint density at radius 1 is 1.11 bits per heavy atom. The van der Waals surface area contributed by atoms with Crippen LogP contribution in [0.5, 0.6) is 11.5 Å². The molecule has 1 amide bonds. The summed E-state index contributed by atoms with van der Waals surface area (Å²) in [6.07, 6.45) is 11.6. The number of benzene rings is 2. The van der Waals surface area contributed by atoms with E-state index in [2.05, 4.69) is 17.5 Å². The van der Waals surface area contributed by atoms with Crippen molar-refractivity contribution in [1.82, 2.24) is 5.32 Å². The third kappa shape index (κ3) is 5.84. The molecule has 0 atom stereocenters. The maximum absolute atomic E-state index is 12.7. The summed E-state index contributed by atoms with van der Waals surface area (Å²) in [4.78, 5) is 12.7. The quantitative estimate of drug-likeness (QED) is 0.236. The number of hydrogen-bond donors (Lipinski definition) is 1. The van der Waals surface area contributed by atoms with Crippen molar-refractivity contribution in [3.8, 4) is 22.6 Å². The first-order valence-corrected chi connectivity index (χ1v) is 13.1. The van der Waals surface area contributed by atoms with Crippen molar-refractivity contribution in [2.24, 2.45) is 0 Å². The van der Waals surface area contributed by atoms with Crippen LogP contribution in [-0.2, 0) is 4.79 Å². The van der Waals surface area contributed by atoms with Crippen LogP contribution in [0.4, 0.5) is 0 Å². The summed E-state index contributed by atoms with van der Waals surface area (Å²) in [5.74, 6) is 1.52. The van der Waals surface area contributed by atoms with Gasteiger partial charge in [0, 0.05) is 34.7 Å². The van der Waals surface area contributed by atoms with Gasteiger partial charge in [-0.1, -0.05) is 23.8 Å². The van der Waals surface area contributed by atoms with Gasteiger partial charge >= 0.3 is 0 Å². The van der Waals surface area contributed by atoms with E-state index in [1.165, 1.54) is 18.4 Å². The van der Waals surface area contributed by atoms with Gasteiger partial charge in [-0.25, -0.2) is 0 Å². The van der Waals surface area contributed by atoms with Gasteiger partial charge in [0.05, 0.1) is 19.5 Å². The largest absolute Gasteiger partial charge is 0.494 e. The van der Waals surface area contributed by atoms with Crippen LogP contribution in [0, 0.1) is 6.92 Å². The molecule has 0 fully saturated rings. The molecular weight excluding hydrogens is 450 g/mol. The van der Waals surface area contributed by atoms with Crippen molar-refractivity contribution in [2.45, 2.75) is 59.8 Å². The normalized spacial score (nSPS) is 14.0. The number of allylic oxidation sites excluding steroid dienone is 2. The number of aryl methyl sites for hydroxylation is 1. The summed E-state index contributed by atoms with van der Waals surface area (Å²) in [6, 6.07) is 10.1. The molecule has 0 unspecified atom stereocenters. The molecule has 0 spiro atoms. The van der Waals surface area contributed by atoms with Crippen LogP contribution < -0.4 is 14.8 Å². The molecule has 190 valence electrons. The maximum atomic E-state index is 12.7. The Morgan fingerprint density at radius 2 is 1.89 bits per heavy atom. The molecule has 1 aromatic heterocycles. The summed E-state index contributed by atoms with van der Waals surface area (Å²) < 4.78 is 17.6. The average Bonchev–Trinajstić information content (AvgIpc) is 3.31. The number of rotatable bonds is 10. The fraction of sp³-hybridized carbons (Fsp3) is 0.387. The Labute approximate surface area is 214 Å². The average molecular weight is 488 g/mol. The Balaban J connectivity index is 1.62. The first-order chi connectivity index (χ1) is 17.5. The fourth-order valence-corrected chi connectivity index (χ4v) is 4.86. The zero-order chi connectivity index (χ0) is 25.5. The van der Waals surface area contributed by atoms with Crippen LogP contribution in [0.3, 0.4) is 0 Å². The van der Waals surface area contributed by atoms with E-state index in [-0.39, 0.29) is 5.91 Å². The summed E-state index contributed by atoms with van der Waals surface area (Å²) in [7, 11) is 0. The topological polar surface area (TPSA) is 60.7 Å². The minimum absolute atomic E-state index is 0.0805. The first kappa shape index (κ1) is 25.6. The van der Waals surface area contributed by atoms with E-state index in [0.29, 0.717) is 19.8 Å². The second kappa shape index (κ2) is 12.0. The third-order valence-corrected chi connectivity index (χ3v) is 6.71. The van der Waals surface area contributed by atoms with Crippen LogP contribution in [0.25, 0.3) is 27.7 Å². The number of carbonyl (C=O) groups excluding carboxylic acids is 1. The molecule has 3 aromatic rings. The van der Waals surface area contributed by atoms with Gasteiger partial charge in [-0.3, -0.25) is 4.79 Å². The van der Waals surface area contributed by atoms with Gasteiger partial charge in [0.1, 0.15) is 17.1 Å². The number of carbonyl (C=O) groups is 1. The predicted molar refractivity (Wildman–Crippen MR) is 147 cm³/mol. The van der Waals surface area contributed by atoms with Crippen LogP contribution >= 0.6 is 0 Å². The lowest BCUT2D eigenvalue weighted by Crippen LogP contribution is -2.23. The van der Waals surface area contributed by atoms with E-state index < -0.39 is 0 Å². The number of ether oxygens (including phenoxy) is 2. The molecule has 5 nitrogen and oxygen atoms in total. The number of hydrogen-bond acceptors (Lipinski definition) is 4. The molecule has 1 heterocycles. The molecule has 0 bridgehead atoms. The van der Waals surface area contributed by atoms with Gasteiger partial charge in [0.2, 0.25) is 5.91 Å². The van der Waals surface area contributed by atoms with E-state index in [0.717, 1.165) is 69.6 Å². The van der Waals surface area contributed by atoms with Crippen molar-refractivity contribution in [3.63, 3.8) is 0 Å². The van der Waals surface area contributed by atoms with E-state index in [9.17, 15) is 4.79 Å². The lowest BCUT2D eigenvalue weighted by Gasteiger charge is -2.15. The summed E-state index contributed by atoms with van der Waals surface area (Å²) in [5, 5.41) is 4.05. The molecule has 4 rings (SSSR count).